The fraction of sp³-hybridized carbons (Fsp3) is 1.00. The molecule has 2 heteroatoms. The van der Waals surface area contributed by atoms with Crippen molar-refractivity contribution in [3.05, 3.63) is 0 Å². The van der Waals surface area contributed by atoms with Crippen LogP contribution in [-0.4, -0.2) is 5.52 Å². The Kier molecular flexibility index (Phi) is 395. The van der Waals surface area contributed by atoms with Gasteiger partial charge in [-0.1, -0.05) is 37.1 Å². The molecule has 0 bridgehead atoms. The van der Waals surface area contributed by atoms with Crippen LogP contribution in [0.1, 0.15) is 37.1 Å². The van der Waals surface area contributed by atoms with Gasteiger partial charge in [-0.3, -0.25) is 0 Å². The SMILES string of the molecule is C.C.C.C.C.[2H]I(C)P. The first kappa shape index (κ1) is 35.2. The van der Waals surface area contributed by atoms with Crippen molar-refractivity contribution < 1.29 is 0 Å². The molecule has 1 atom stereocenters. The number of alkyl halides is 1. The van der Waals surface area contributed by atoms with E-state index in [1.807, 2.05) is 4.93 Å². The van der Waals surface area contributed by atoms with E-state index in [9.17, 15) is 0 Å². The topological polar surface area (TPSA) is 0 Å². The van der Waals surface area contributed by atoms with E-state index >= 15 is 0 Å². The molecule has 0 spiro atoms. The van der Waals surface area contributed by atoms with Gasteiger partial charge in [0, 0.05) is 0 Å². The van der Waals surface area contributed by atoms with Gasteiger partial charge in [0.25, 0.3) is 0 Å². The molecule has 0 heterocycles. The maximum absolute atomic E-state index is 6.70. The number of hydrogen-bond acceptors (Lipinski definition) is 0. The Morgan fingerprint density at radius 1 is 1.12 bits per heavy atom. The zero-order valence-electron chi connectivity index (χ0n) is 2.96. The molecular weight excluding hydrogens is 230 g/mol. The predicted octanol–water partition coefficient (Wildman–Crippen LogP) is 4.29. The number of halogens is 1. The minimum atomic E-state index is -1.10. The van der Waals surface area contributed by atoms with Crippen molar-refractivity contribution in [3.63, 3.8) is 0 Å². The Morgan fingerprint density at radius 3 is 1.12 bits per heavy atom. The third-order valence-corrected chi connectivity index (χ3v) is 0. The molecule has 0 aromatic carbocycles. The average molecular weight is 257 g/mol. The van der Waals surface area contributed by atoms with Crippen LogP contribution >= 0.6 is 27.3 Å². The fourth-order valence-electron chi connectivity index (χ4n) is 0. The second-order valence-corrected chi connectivity index (χ2v) is 4.39. The van der Waals surface area contributed by atoms with Crippen molar-refractivity contribution in [2.45, 2.75) is 37.1 Å². The van der Waals surface area contributed by atoms with Crippen LogP contribution in [0.3, 0.4) is 0 Å². The zero-order chi connectivity index (χ0) is 3.58. The van der Waals surface area contributed by atoms with Gasteiger partial charge in [0.15, 0.2) is 0 Å². The monoisotopic (exact) mass is 257 g/mol. The summed E-state index contributed by atoms with van der Waals surface area (Å²) >= 11 is -1.10. The Labute approximate surface area is 70.1 Å². The molecule has 0 saturated carbocycles. The van der Waals surface area contributed by atoms with Gasteiger partial charge in [-0.05, 0) is 0 Å². The standard InChI is InChI=1S/CH6IP.5CH4/c1-2-3;;;;;/h2H,3H2,1H3;5*1H4/i2D;;;;;. The third kappa shape index (κ3) is 202. The van der Waals surface area contributed by atoms with Crippen LogP contribution in [-0.2, 0) is 0 Å². The van der Waals surface area contributed by atoms with E-state index < -0.39 is 20.5 Å². The van der Waals surface area contributed by atoms with E-state index in [1.54, 1.807) is 0 Å². The van der Waals surface area contributed by atoms with Crippen LogP contribution in [0.2, 0.25) is 0 Å². The van der Waals surface area contributed by atoms with Gasteiger partial charge in [-0.25, -0.2) is 0 Å². The van der Waals surface area contributed by atoms with Gasteiger partial charge < -0.3 is 0 Å². The summed E-state index contributed by atoms with van der Waals surface area (Å²) < 4.78 is 6.70. The van der Waals surface area contributed by atoms with E-state index in [0.29, 0.717) is 0 Å². The molecule has 0 aliphatic rings. The summed E-state index contributed by atoms with van der Waals surface area (Å²) in [5.41, 5.74) is 0. The normalized spacial score (nSPS) is 5.75. The molecule has 0 fully saturated rings. The van der Waals surface area contributed by atoms with Crippen LogP contribution in [0.25, 0.3) is 0 Å². The van der Waals surface area contributed by atoms with Crippen molar-refractivity contribution in [3.8, 4) is 0 Å². The summed E-state index contributed by atoms with van der Waals surface area (Å²) in [6.45, 7) is 2.48. The Morgan fingerprint density at radius 2 is 1.12 bits per heavy atom. The van der Waals surface area contributed by atoms with Gasteiger partial charge in [0.2, 0.25) is 0 Å². The van der Waals surface area contributed by atoms with Crippen molar-refractivity contribution in [1.29, 1.82) is 0.594 Å². The zero-order valence-corrected chi connectivity index (χ0v) is 5.27. The first-order valence-corrected chi connectivity index (χ1v) is 6.93. The fourth-order valence-corrected chi connectivity index (χ4v) is 0. The van der Waals surface area contributed by atoms with Gasteiger partial charge >= 0.3 is 32.9 Å². The summed E-state index contributed by atoms with van der Waals surface area (Å²) in [4.78, 5) is 1.95. The van der Waals surface area contributed by atoms with Crippen molar-refractivity contribution >= 4 is 27.3 Å². The second-order valence-electron chi connectivity index (χ2n) is 0.218. The molecule has 0 aromatic rings. The van der Waals surface area contributed by atoms with Gasteiger partial charge in [-0.2, -0.15) is 0 Å². The molecule has 8 heavy (non-hydrogen) atoms. The summed E-state index contributed by atoms with van der Waals surface area (Å²) in [5.74, 6) is 0. The summed E-state index contributed by atoms with van der Waals surface area (Å²) in [7, 11) is 0. The van der Waals surface area contributed by atoms with Crippen LogP contribution < -0.4 is 0 Å². The van der Waals surface area contributed by atoms with E-state index in [2.05, 4.69) is 6.88 Å². The van der Waals surface area contributed by atoms with Gasteiger partial charge in [0.05, 0.1) is 0 Å². The molecule has 0 aromatic heterocycles. The van der Waals surface area contributed by atoms with Crippen molar-refractivity contribution in [2.75, 3.05) is 4.93 Å². The Balaban J connectivity index is -0.00000000450. The molecule has 0 saturated heterocycles. The molecule has 0 aliphatic heterocycles. The molecule has 0 N–H and O–H groups in total. The average Bonchev–Trinajstić information content (AvgIpc) is 0.811. The maximum atomic E-state index is 6.70. The first-order valence-electron chi connectivity index (χ1n) is 0.974. The third-order valence-electron chi connectivity index (χ3n) is 0. The van der Waals surface area contributed by atoms with Crippen LogP contribution in [0.4, 0.5) is 0 Å². The Hall–Kier alpha value is 1.16. The molecule has 62 valence electrons. The van der Waals surface area contributed by atoms with E-state index in [1.165, 1.54) is 0 Å². The molecule has 0 nitrogen and oxygen atoms in total. The van der Waals surface area contributed by atoms with Crippen molar-refractivity contribution in [1.82, 2.24) is 0 Å². The molecule has 0 amide bonds. The number of hydrogen-bond donors (Lipinski definition) is 0. The summed E-state index contributed by atoms with van der Waals surface area (Å²) in [6.07, 6.45) is 0. The molecule has 0 rings (SSSR count). The van der Waals surface area contributed by atoms with Gasteiger partial charge in [0.1, 0.15) is 0 Å². The quantitative estimate of drug-likeness (QED) is 0.345. The van der Waals surface area contributed by atoms with Crippen molar-refractivity contribution in [2.24, 2.45) is 0 Å². The van der Waals surface area contributed by atoms with E-state index in [4.69, 9.17) is 0.594 Å². The van der Waals surface area contributed by atoms with Crippen LogP contribution in [0.5, 0.6) is 0 Å². The molecule has 0 radical (unpaired) electrons. The van der Waals surface area contributed by atoms with E-state index in [0.717, 1.165) is 0 Å². The summed E-state index contributed by atoms with van der Waals surface area (Å²) in [5, 5.41) is 0. The minimum absolute atomic E-state index is 0. The predicted molar refractivity (Wildman–Crippen MR) is 64.7 cm³/mol. The van der Waals surface area contributed by atoms with Crippen LogP contribution in [0, 0.1) is 0 Å². The number of rotatable bonds is 0. The molecule has 0 aliphatic carbocycles. The van der Waals surface area contributed by atoms with Crippen LogP contribution in [0.15, 0.2) is 0 Å². The van der Waals surface area contributed by atoms with E-state index in [-0.39, 0.29) is 37.1 Å². The Bertz CT molecular complexity index is 17.8. The molecule has 1 unspecified atom stereocenters. The first-order chi connectivity index (χ1) is 1.73. The molecular formula is C6H26IP. The van der Waals surface area contributed by atoms with Gasteiger partial charge in [-0.15, -0.1) is 0 Å². The second kappa shape index (κ2) is 89.7. The summed E-state index contributed by atoms with van der Waals surface area (Å²) in [6, 6.07) is 0.